The summed E-state index contributed by atoms with van der Waals surface area (Å²) in [6.45, 7) is 3.70. The number of amides is 1. The van der Waals surface area contributed by atoms with Crippen LogP contribution in [-0.4, -0.2) is 49.6 Å². The van der Waals surface area contributed by atoms with Gasteiger partial charge in [0.25, 0.3) is 5.91 Å². The van der Waals surface area contributed by atoms with E-state index < -0.39 is 28.0 Å². The molecule has 0 bridgehead atoms. The van der Waals surface area contributed by atoms with Gasteiger partial charge in [-0.25, -0.2) is 13.2 Å². The highest BCUT2D eigenvalue weighted by molar-refractivity contribution is 7.89. The number of rotatable bonds is 7. The molecule has 0 aromatic heterocycles. The van der Waals surface area contributed by atoms with Crippen molar-refractivity contribution in [1.82, 2.24) is 4.31 Å². The number of ether oxygens (including phenoxy) is 1. The lowest BCUT2D eigenvalue weighted by Crippen LogP contribution is -2.32. The topological polar surface area (TPSA) is 110 Å². The van der Waals surface area contributed by atoms with Gasteiger partial charge in [-0.3, -0.25) is 9.59 Å². The van der Waals surface area contributed by atoms with Crippen molar-refractivity contribution in [1.29, 1.82) is 0 Å². The van der Waals surface area contributed by atoms with Gasteiger partial charge in [0.15, 0.2) is 11.9 Å². The number of nitrogens with zero attached hydrogens (tertiary/aromatic N) is 1. The van der Waals surface area contributed by atoms with Crippen molar-refractivity contribution in [3.63, 3.8) is 0 Å². The van der Waals surface area contributed by atoms with E-state index in [4.69, 9.17) is 4.74 Å². The van der Waals surface area contributed by atoms with Crippen LogP contribution in [0.5, 0.6) is 0 Å². The predicted octanol–water partition coefficient (Wildman–Crippen LogP) is 3.64. The maximum atomic E-state index is 13.0. The van der Waals surface area contributed by atoms with E-state index in [0.717, 1.165) is 25.7 Å². The van der Waals surface area contributed by atoms with Gasteiger partial charge in [-0.1, -0.05) is 31.0 Å². The Kier molecular flexibility index (Phi) is 7.99. The summed E-state index contributed by atoms with van der Waals surface area (Å²) in [6.07, 6.45) is 2.44. The molecule has 3 rings (SSSR count). The zero-order valence-corrected chi connectivity index (χ0v) is 19.6. The summed E-state index contributed by atoms with van der Waals surface area (Å²) in [7, 11) is -3.73. The number of carbonyl (C=O) groups is 3. The monoisotopic (exact) mass is 472 g/mol. The molecule has 176 valence electrons. The number of nitrogens with one attached hydrogen (secondary N) is 1. The molecule has 1 amide bonds. The first-order valence-electron chi connectivity index (χ1n) is 10.9. The number of anilines is 1. The average Bonchev–Trinajstić information content (AvgIpc) is 3.09. The molecule has 9 heteroatoms. The third-order valence-electron chi connectivity index (χ3n) is 5.49. The minimum atomic E-state index is -3.73. The van der Waals surface area contributed by atoms with E-state index in [0.29, 0.717) is 24.3 Å². The lowest BCUT2D eigenvalue weighted by Gasteiger charge is -2.20. The standard InChI is InChI=1S/C24H28N2O6S/c1-17(27)21-12-5-6-13-22(21)25-23(28)18(2)32-24(29)19-10-9-11-20(16-19)33(30,31)26-14-7-3-4-8-15-26/h5-6,9-13,16,18H,3-4,7-8,14-15H2,1-2H3,(H,25,28). The molecule has 1 atom stereocenters. The van der Waals surface area contributed by atoms with Gasteiger partial charge in [0.1, 0.15) is 0 Å². The van der Waals surface area contributed by atoms with Crippen LogP contribution in [0.25, 0.3) is 0 Å². The highest BCUT2D eigenvalue weighted by Gasteiger charge is 2.27. The number of esters is 1. The van der Waals surface area contributed by atoms with E-state index in [9.17, 15) is 22.8 Å². The molecule has 0 radical (unpaired) electrons. The Morgan fingerprint density at radius 1 is 0.970 bits per heavy atom. The molecule has 2 aromatic rings. The number of hydrogen-bond acceptors (Lipinski definition) is 6. The number of ketones is 1. The fraction of sp³-hybridized carbons (Fsp3) is 0.375. The number of para-hydroxylation sites is 1. The molecular weight excluding hydrogens is 444 g/mol. The minimum Gasteiger partial charge on any atom is -0.449 e. The van der Waals surface area contributed by atoms with Crippen molar-refractivity contribution in [3.8, 4) is 0 Å². The van der Waals surface area contributed by atoms with Crippen LogP contribution < -0.4 is 5.32 Å². The number of sulfonamides is 1. The fourth-order valence-corrected chi connectivity index (χ4v) is 5.19. The molecule has 0 aliphatic carbocycles. The Balaban J connectivity index is 1.70. The summed E-state index contributed by atoms with van der Waals surface area (Å²) in [4.78, 5) is 36.9. The second-order valence-electron chi connectivity index (χ2n) is 7.98. The van der Waals surface area contributed by atoms with Gasteiger partial charge in [0.05, 0.1) is 16.1 Å². The van der Waals surface area contributed by atoms with Crippen LogP contribution in [0, 0.1) is 0 Å². The molecule has 8 nitrogen and oxygen atoms in total. The molecule has 1 aliphatic heterocycles. The first kappa shape index (κ1) is 24.6. The van der Waals surface area contributed by atoms with Crippen LogP contribution in [-0.2, 0) is 19.6 Å². The molecule has 1 aliphatic rings. The Bertz CT molecular complexity index is 1140. The quantitative estimate of drug-likeness (QED) is 0.487. The molecule has 1 saturated heterocycles. The summed E-state index contributed by atoms with van der Waals surface area (Å²) in [5.41, 5.74) is 0.703. The van der Waals surface area contributed by atoms with Gasteiger partial charge in [0, 0.05) is 18.7 Å². The maximum absolute atomic E-state index is 13.0. The molecule has 33 heavy (non-hydrogen) atoms. The summed E-state index contributed by atoms with van der Waals surface area (Å²) in [5.74, 6) is -1.63. The van der Waals surface area contributed by atoms with E-state index in [1.807, 2.05) is 0 Å². The summed E-state index contributed by atoms with van der Waals surface area (Å²) < 4.78 is 32.7. The fourth-order valence-electron chi connectivity index (χ4n) is 3.63. The van der Waals surface area contributed by atoms with Gasteiger partial charge in [0.2, 0.25) is 10.0 Å². The van der Waals surface area contributed by atoms with E-state index in [2.05, 4.69) is 5.32 Å². The lowest BCUT2D eigenvalue weighted by molar-refractivity contribution is -0.123. The molecule has 2 aromatic carbocycles. The second kappa shape index (κ2) is 10.7. The van der Waals surface area contributed by atoms with Crippen molar-refractivity contribution in [2.24, 2.45) is 0 Å². The predicted molar refractivity (Wildman–Crippen MR) is 124 cm³/mol. The zero-order valence-electron chi connectivity index (χ0n) is 18.7. The van der Waals surface area contributed by atoms with Crippen LogP contribution in [0.3, 0.4) is 0 Å². The second-order valence-corrected chi connectivity index (χ2v) is 9.92. The molecule has 1 N–H and O–H groups in total. The Labute approximate surface area is 194 Å². The lowest BCUT2D eigenvalue weighted by atomic mass is 10.1. The van der Waals surface area contributed by atoms with Crippen molar-refractivity contribution in [3.05, 3.63) is 59.7 Å². The van der Waals surface area contributed by atoms with Gasteiger partial charge in [-0.15, -0.1) is 0 Å². The van der Waals surface area contributed by atoms with Crippen LogP contribution in [0.1, 0.15) is 60.2 Å². The van der Waals surface area contributed by atoms with E-state index in [1.165, 1.54) is 42.4 Å². The zero-order chi connectivity index (χ0) is 24.0. The summed E-state index contributed by atoms with van der Waals surface area (Å²) in [5, 5.41) is 2.59. The molecular formula is C24H28N2O6S. The maximum Gasteiger partial charge on any atom is 0.338 e. The molecule has 1 unspecified atom stereocenters. The SMILES string of the molecule is CC(=O)c1ccccc1NC(=O)C(C)OC(=O)c1cccc(S(=O)(=O)N2CCCCCC2)c1. The number of Topliss-reactive ketones (excluding diaryl/α,β-unsaturated/α-hetero) is 1. The van der Waals surface area contributed by atoms with Crippen molar-refractivity contribution in [2.45, 2.75) is 50.5 Å². The van der Waals surface area contributed by atoms with Crippen molar-refractivity contribution >= 4 is 33.4 Å². The van der Waals surface area contributed by atoms with Crippen molar-refractivity contribution in [2.75, 3.05) is 18.4 Å². The highest BCUT2D eigenvalue weighted by Crippen LogP contribution is 2.22. The summed E-state index contributed by atoms with van der Waals surface area (Å²) >= 11 is 0. The molecule has 0 saturated carbocycles. The molecule has 1 fully saturated rings. The normalized spacial score (nSPS) is 15.8. The highest BCUT2D eigenvalue weighted by atomic mass is 32.2. The Morgan fingerprint density at radius 3 is 2.30 bits per heavy atom. The smallest absolute Gasteiger partial charge is 0.338 e. The first-order chi connectivity index (χ1) is 15.7. The first-order valence-corrected chi connectivity index (χ1v) is 12.4. The van der Waals surface area contributed by atoms with E-state index in [1.54, 1.807) is 24.3 Å². The Hall–Kier alpha value is -3.04. The van der Waals surface area contributed by atoms with Crippen molar-refractivity contribution < 1.29 is 27.5 Å². The summed E-state index contributed by atoms with van der Waals surface area (Å²) in [6, 6.07) is 12.2. The van der Waals surface area contributed by atoms with Crippen LogP contribution in [0.4, 0.5) is 5.69 Å². The third-order valence-corrected chi connectivity index (χ3v) is 7.38. The average molecular weight is 473 g/mol. The number of benzene rings is 2. The van der Waals surface area contributed by atoms with Gasteiger partial charge >= 0.3 is 5.97 Å². The number of carbonyl (C=O) groups excluding carboxylic acids is 3. The van der Waals surface area contributed by atoms with Gasteiger partial charge in [-0.05, 0) is 57.0 Å². The third kappa shape index (κ3) is 6.06. The Morgan fingerprint density at radius 2 is 1.64 bits per heavy atom. The molecule has 0 spiro atoms. The van der Waals surface area contributed by atoms with Gasteiger partial charge < -0.3 is 10.1 Å². The number of hydrogen-bond donors (Lipinski definition) is 1. The largest absolute Gasteiger partial charge is 0.449 e. The van der Waals surface area contributed by atoms with E-state index >= 15 is 0 Å². The van der Waals surface area contributed by atoms with E-state index in [-0.39, 0.29) is 16.2 Å². The molecule has 1 heterocycles. The van der Waals surface area contributed by atoms with Crippen LogP contribution in [0.15, 0.2) is 53.4 Å². The van der Waals surface area contributed by atoms with Gasteiger partial charge in [-0.2, -0.15) is 4.31 Å². The van der Waals surface area contributed by atoms with Crippen LogP contribution in [0.2, 0.25) is 0 Å². The van der Waals surface area contributed by atoms with Crippen LogP contribution >= 0.6 is 0 Å². The minimum absolute atomic E-state index is 0.0198.